The average molecular weight is 268 g/mol. The zero-order chi connectivity index (χ0) is 14.4. The highest BCUT2D eigenvalue weighted by Gasteiger charge is 2.16. The smallest absolute Gasteiger partial charge is 0.319 e. The first-order valence-electron chi connectivity index (χ1n) is 6.66. The molecule has 0 saturated heterocycles. The zero-order valence-corrected chi connectivity index (χ0v) is 12.1. The molecule has 0 aliphatic carbocycles. The van der Waals surface area contributed by atoms with Crippen molar-refractivity contribution in [3.05, 3.63) is 12.4 Å². The second-order valence-corrected chi connectivity index (χ2v) is 5.26. The molecule has 0 saturated carbocycles. The summed E-state index contributed by atoms with van der Waals surface area (Å²) in [6.07, 6.45) is 3.97. The molecule has 1 heterocycles. The third-order valence-corrected chi connectivity index (χ3v) is 2.95. The number of aromatic nitrogens is 2. The van der Waals surface area contributed by atoms with Gasteiger partial charge in [0.05, 0.1) is 11.9 Å². The number of rotatable bonds is 6. The van der Waals surface area contributed by atoms with Gasteiger partial charge in [0.1, 0.15) is 0 Å². The van der Waals surface area contributed by atoms with Crippen LogP contribution in [0.3, 0.4) is 0 Å². The van der Waals surface area contributed by atoms with Crippen LogP contribution in [0.1, 0.15) is 40.2 Å². The lowest BCUT2D eigenvalue weighted by Crippen LogP contribution is -2.41. The quantitative estimate of drug-likeness (QED) is 0.738. The molecule has 0 spiro atoms. The van der Waals surface area contributed by atoms with E-state index in [0.29, 0.717) is 12.1 Å². The van der Waals surface area contributed by atoms with Gasteiger partial charge in [-0.3, -0.25) is 4.68 Å². The Balaban J connectivity index is 2.53. The van der Waals surface area contributed by atoms with E-state index in [1.807, 2.05) is 27.7 Å². The van der Waals surface area contributed by atoms with Crippen molar-refractivity contribution < 1.29 is 9.90 Å². The van der Waals surface area contributed by atoms with Crippen molar-refractivity contribution in [3.63, 3.8) is 0 Å². The molecule has 0 aliphatic heterocycles. The third kappa shape index (κ3) is 4.90. The number of hydrogen-bond acceptors (Lipinski definition) is 3. The molecule has 108 valence electrons. The number of nitrogens with one attached hydrogen (secondary N) is 2. The lowest BCUT2D eigenvalue weighted by atomic mass is 10.0. The maximum Gasteiger partial charge on any atom is 0.319 e. The topological polar surface area (TPSA) is 79.2 Å². The first-order chi connectivity index (χ1) is 8.93. The molecule has 0 bridgehead atoms. The fraction of sp³-hybridized carbons (Fsp3) is 0.692. The molecule has 2 amide bonds. The van der Waals surface area contributed by atoms with E-state index in [-0.39, 0.29) is 30.6 Å². The second-order valence-electron chi connectivity index (χ2n) is 5.26. The minimum Gasteiger partial charge on any atom is -0.396 e. The summed E-state index contributed by atoms with van der Waals surface area (Å²) in [5.74, 6) is 0.274. The van der Waals surface area contributed by atoms with Gasteiger partial charge in [0.25, 0.3) is 0 Å². The predicted octanol–water partition coefficient (Wildman–Crippen LogP) is 1.99. The third-order valence-electron chi connectivity index (χ3n) is 2.95. The first kappa shape index (κ1) is 15.5. The van der Waals surface area contributed by atoms with Crippen LogP contribution in [0.4, 0.5) is 10.5 Å². The van der Waals surface area contributed by atoms with Crippen molar-refractivity contribution in [1.29, 1.82) is 0 Å². The van der Waals surface area contributed by atoms with E-state index < -0.39 is 0 Å². The van der Waals surface area contributed by atoms with Crippen LogP contribution < -0.4 is 10.6 Å². The van der Waals surface area contributed by atoms with Crippen molar-refractivity contribution in [2.24, 2.45) is 5.92 Å². The lowest BCUT2D eigenvalue weighted by Gasteiger charge is -2.21. The lowest BCUT2D eigenvalue weighted by molar-refractivity contribution is 0.227. The van der Waals surface area contributed by atoms with Crippen LogP contribution in [0.25, 0.3) is 0 Å². The highest BCUT2D eigenvalue weighted by Crippen LogP contribution is 2.10. The Bertz CT molecular complexity index is 401. The Morgan fingerprint density at radius 3 is 2.58 bits per heavy atom. The van der Waals surface area contributed by atoms with Crippen molar-refractivity contribution in [3.8, 4) is 0 Å². The summed E-state index contributed by atoms with van der Waals surface area (Å²) in [6.45, 7) is 8.13. The van der Waals surface area contributed by atoms with Crippen LogP contribution in [0.2, 0.25) is 0 Å². The average Bonchev–Trinajstić information content (AvgIpc) is 2.76. The van der Waals surface area contributed by atoms with Crippen molar-refractivity contribution in [1.82, 2.24) is 15.1 Å². The summed E-state index contributed by atoms with van der Waals surface area (Å²) < 4.78 is 1.78. The van der Waals surface area contributed by atoms with E-state index in [1.165, 1.54) is 0 Å². The number of anilines is 1. The summed E-state index contributed by atoms with van der Waals surface area (Å²) >= 11 is 0. The minimum absolute atomic E-state index is 0.0369. The van der Waals surface area contributed by atoms with Crippen molar-refractivity contribution in [2.75, 3.05) is 11.9 Å². The number of amides is 2. The summed E-state index contributed by atoms with van der Waals surface area (Å²) in [6, 6.07) is -0.0444. The standard InChI is InChI=1S/C13H24N4O2/c1-9(2)12(5-6-18)16-13(19)15-11-7-14-17(8-11)10(3)4/h7-10,12,18H,5-6H2,1-4H3,(H2,15,16,19). The molecular formula is C13H24N4O2. The minimum atomic E-state index is -0.268. The van der Waals surface area contributed by atoms with Gasteiger partial charge in [-0.1, -0.05) is 13.8 Å². The molecule has 0 fully saturated rings. The van der Waals surface area contributed by atoms with Gasteiger partial charge in [-0.05, 0) is 26.2 Å². The molecule has 1 unspecified atom stereocenters. The highest BCUT2D eigenvalue weighted by molar-refractivity contribution is 5.89. The van der Waals surface area contributed by atoms with Crippen LogP contribution in [0, 0.1) is 5.92 Å². The maximum atomic E-state index is 11.8. The number of carbonyl (C=O) groups excluding carboxylic acids is 1. The largest absolute Gasteiger partial charge is 0.396 e. The predicted molar refractivity (Wildman–Crippen MR) is 75.1 cm³/mol. The van der Waals surface area contributed by atoms with Gasteiger partial charge < -0.3 is 15.7 Å². The summed E-state index contributed by atoms with van der Waals surface area (Å²) in [7, 11) is 0. The van der Waals surface area contributed by atoms with E-state index in [1.54, 1.807) is 17.1 Å². The van der Waals surface area contributed by atoms with Crippen LogP contribution >= 0.6 is 0 Å². The SMILES string of the molecule is CC(C)C(CCO)NC(=O)Nc1cnn(C(C)C)c1. The molecule has 1 aromatic rings. The Morgan fingerprint density at radius 2 is 2.11 bits per heavy atom. The van der Waals surface area contributed by atoms with E-state index in [4.69, 9.17) is 5.11 Å². The molecule has 6 heteroatoms. The number of urea groups is 1. The van der Waals surface area contributed by atoms with E-state index in [0.717, 1.165) is 0 Å². The van der Waals surface area contributed by atoms with Gasteiger partial charge in [-0.25, -0.2) is 4.79 Å². The molecule has 6 nitrogen and oxygen atoms in total. The molecular weight excluding hydrogens is 244 g/mol. The van der Waals surface area contributed by atoms with E-state index in [9.17, 15) is 4.79 Å². The molecule has 0 aromatic carbocycles. The Kier molecular flexibility index (Phi) is 5.82. The van der Waals surface area contributed by atoms with Crippen LogP contribution in [-0.2, 0) is 0 Å². The first-order valence-corrected chi connectivity index (χ1v) is 6.66. The monoisotopic (exact) mass is 268 g/mol. The van der Waals surface area contributed by atoms with Crippen molar-refractivity contribution in [2.45, 2.75) is 46.2 Å². The highest BCUT2D eigenvalue weighted by atomic mass is 16.3. The molecule has 19 heavy (non-hydrogen) atoms. The summed E-state index contributed by atoms with van der Waals surface area (Å²) in [5.41, 5.74) is 0.665. The van der Waals surface area contributed by atoms with E-state index in [2.05, 4.69) is 15.7 Å². The van der Waals surface area contributed by atoms with Crippen LogP contribution in [-0.4, -0.2) is 33.6 Å². The number of nitrogens with zero attached hydrogens (tertiary/aromatic N) is 2. The molecule has 1 aromatic heterocycles. The second kappa shape index (κ2) is 7.13. The van der Waals surface area contributed by atoms with Gasteiger partial charge in [-0.15, -0.1) is 0 Å². The van der Waals surface area contributed by atoms with Crippen LogP contribution in [0.5, 0.6) is 0 Å². The fourth-order valence-corrected chi connectivity index (χ4v) is 1.73. The van der Waals surface area contributed by atoms with Crippen LogP contribution in [0.15, 0.2) is 12.4 Å². The number of aliphatic hydroxyl groups is 1. The van der Waals surface area contributed by atoms with E-state index >= 15 is 0 Å². The van der Waals surface area contributed by atoms with Gasteiger partial charge in [0, 0.05) is 24.9 Å². The normalized spacial score (nSPS) is 12.8. The molecule has 0 aliphatic rings. The molecule has 1 atom stereocenters. The molecule has 1 rings (SSSR count). The zero-order valence-electron chi connectivity index (χ0n) is 12.1. The van der Waals surface area contributed by atoms with Crippen molar-refractivity contribution >= 4 is 11.7 Å². The maximum absolute atomic E-state index is 11.8. The number of carbonyl (C=O) groups is 1. The Morgan fingerprint density at radius 1 is 1.42 bits per heavy atom. The Hall–Kier alpha value is -1.56. The number of aliphatic hydroxyl groups excluding tert-OH is 1. The summed E-state index contributed by atoms with van der Waals surface area (Å²) in [5, 5.41) is 18.7. The van der Waals surface area contributed by atoms with Gasteiger partial charge >= 0.3 is 6.03 Å². The summed E-state index contributed by atoms with van der Waals surface area (Å²) in [4.78, 5) is 11.8. The van der Waals surface area contributed by atoms with Gasteiger partial charge in [0.2, 0.25) is 0 Å². The fourth-order valence-electron chi connectivity index (χ4n) is 1.73. The number of hydrogen-bond donors (Lipinski definition) is 3. The Labute approximate surface area is 114 Å². The molecule has 0 radical (unpaired) electrons. The van der Waals surface area contributed by atoms with Gasteiger partial charge in [0.15, 0.2) is 0 Å². The molecule has 3 N–H and O–H groups in total. The van der Waals surface area contributed by atoms with Gasteiger partial charge in [-0.2, -0.15) is 5.10 Å².